The molecule has 3 rings (SSSR count). The summed E-state index contributed by atoms with van der Waals surface area (Å²) < 4.78 is 5.62. The molecule has 0 aromatic carbocycles. The van der Waals surface area contributed by atoms with Gasteiger partial charge in [0.2, 0.25) is 0 Å². The van der Waals surface area contributed by atoms with Gasteiger partial charge >= 0.3 is 6.09 Å². The van der Waals surface area contributed by atoms with E-state index in [9.17, 15) is 9.59 Å². The van der Waals surface area contributed by atoms with Crippen molar-refractivity contribution in [3.8, 4) is 0 Å². The number of likely N-dealkylation sites (tertiary alicyclic amines) is 1. The molecule has 0 radical (unpaired) electrons. The quantitative estimate of drug-likeness (QED) is 0.761. The van der Waals surface area contributed by atoms with Gasteiger partial charge in [0.1, 0.15) is 16.9 Å². The number of aromatic nitrogens is 1. The van der Waals surface area contributed by atoms with E-state index in [4.69, 9.17) is 4.74 Å². The van der Waals surface area contributed by atoms with Crippen LogP contribution in [0.15, 0.2) is 22.8 Å². The van der Waals surface area contributed by atoms with Crippen LogP contribution < -0.4 is 0 Å². The Hall–Kier alpha value is -1.63. The second kappa shape index (κ2) is 6.01. The monoisotopic (exact) mass is 353 g/mol. The second-order valence-electron chi connectivity index (χ2n) is 5.18. The smallest absolute Gasteiger partial charge is 0.410 e. The van der Waals surface area contributed by atoms with Crippen molar-refractivity contribution in [2.24, 2.45) is 0 Å². The van der Waals surface area contributed by atoms with Gasteiger partial charge in [-0.05, 0) is 40.9 Å². The van der Waals surface area contributed by atoms with E-state index in [2.05, 4.69) is 20.9 Å². The summed E-state index contributed by atoms with van der Waals surface area (Å²) in [6, 6.07) is 5.50. The minimum atomic E-state index is -0.228. The third kappa shape index (κ3) is 3.02. The standard InChI is InChI=1S/C14H16BrN3O3/c15-12-3-1-2-11(16-12)13(19)17-6-4-10(5-7-17)18-8-9-21-14(18)20/h1-3,10H,4-9H2. The zero-order valence-electron chi connectivity index (χ0n) is 11.5. The number of ether oxygens (including phenoxy) is 1. The van der Waals surface area contributed by atoms with Crippen molar-refractivity contribution in [2.45, 2.75) is 18.9 Å². The zero-order chi connectivity index (χ0) is 14.8. The van der Waals surface area contributed by atoms with E-state index in [1.54, 1.807) is 28.0 Å². The highest BCUT2D eigenvalue weighted by molar-refractivity contribution is 9.10. The first-order valence-corrected chi connectivity index (χ1v) is 7.79. The van der Waals surface area contributed by atoms with Crippen molar-refractivity contribution in [2.75, 3.05) is 26.2 Å². The fourth-order valence-corrected chi connectivity index (χ4v) is 3.15. The van der Waals surface area contributed by atoms with E-state index in [0.29, 0.717) is 36.5 Å². The van der Waals surface area contributed by atoms with Gasteiger partial charge in [-0.25, -0.2) is 9.78 Å². The second-order valence-corrected chi connectivity index (χ2v) is 5.99. The molecule has 0 spiro atoms. The largest absolute Gasteiger partial charge is 0.448 e. The zero-order valence-corrected chi connectivity index (χ0v) is 13.1. The van der Waals surface area contributed by atoms with Crippen molar-refractivity contribution < 1.29 is 14.3 Å². The molecule has 6 nitrogen and oxygen atoms in total. The van der Waals surface area contributed by atoms with Gasteiger partial charge in [-0.2, -0.15) is 0 Å². The van der Waals surface area contributed by atoms with Gasteiger partial charge in [-0.3, -0.25) is 4.79 Å². The molecule has 0 unspecified atom stereocenters. The highest BCUT2D eigenvalue weighted by atomic mass is 79.9. The molecule has 3 heterocycles. The Morgan fingerprint density at radius 1 is 1.29 bits per heavy atom. The van der Waals surface area contributed by atoms with Crippen LogP contribution in [-0.4, -0.2) is 59.1 Å². The van der Waals surface area contributed by atoms with Crippen LogP contribution in [0.1, 0.15) is 23.3 Å². The fourth-order valence-electron chi connectivity index (χ4n) is 2.81. The average Bonchev–Trinajstić information content (AvgIpc) is 2.93. The highest BCUT2D eigenvalue weighted by Crippen LogP contribution is 2.21. The predicted octanol–water partition coefficient (Wildman–Crippen LogP) is 1.90. The number of amides is 2. The summed E-state index contributed by atoms with van der Waals surface area (Å²) in [5.41, 5.74) is 0.448. The lowest BCUT2D eigenvalue weighted by molar-refractivity contribution is 0.0652. The van der Waals surface area contributed by atoms with Crippen LogP contribution >= 0.6 is 15.9 Å². The van der Waals surface area contributed by atoms with Crippen LogP contribution in [0.5, 0.6) is 0 Å². The Morgan fingerprint density at radius 3 is 2.67 bits per heavy atom. The van der Waals surface area contributed by atoms with Crippen molar-refractivity contribution in [1.82, 2.24) is 14.8 Å². The summed E-state index contributed by atoms with van der Waals surface area (Å²) in [5, 5.41) is 0. The average molecular weight is 354 g/mol. The van der Waals surface area contributed by atoms with E-state index in [0.717, 1.165) is 12.8 Å². The van der Waals surface area contributed by atoms with Gasteiger partial charge in [0.25, 0.3) is 5.91 Å². The first kappa shape index (κ1) is 14.3. The maximum Gasteiger partial charge on any atom is 0.410 e. The summed E-state index contributed by atoms with van der Waals surface area (Å²) >= 11 is 3.28. The Morgan fingerprint density at radius 2 is 2.05 bits per heavy atom. The molecule has 0 atom stereocenters. The number of cyclic esters (lactones) is 1. The molecule has 0 N–H and O–H groups in total. The van der Waals surface area contributed by atoms with Crippen LogP contribution in [0.4, 0.5) is 4.79 Å². The van der Waals surface area contributed by atoms with Crippen molar-refractivity contribution in [3.63, 3.8) is 0 Å². The van der Waals surface area contributed by atoms with Gasteiger partial charge in [0, 0.05) is 19.1 Å². The number of carbonyl (C=O) groups is 2. The number of hydrogen-bond acceptors (Lipinski definition) is 4. The summed E-state index contributed by atoms with van der Waals surface area (Å²) in [7, 11) is 0. The first-order valence-electron chi connectivity index (χ1n) is 7.00. The minimum Gasteiger partial charge on any atom is -0.448 e. The highest BCUT2D eigenvalue weighted by Gasteiger charge is 2.33. The Labute approximate surface area is 131 Å². The summed E-state index contributed by atoms with van der Waals surface area (Å²) in [6.45, 7) is 2.41. The van der Waals surface area contributed by atoms with Gasteiger partial charge in [-0.15, -0.1) is 0 Å². The lowest BCUT2D eigenvalue weighted by Crippen LogP contribution is -2.47. The van der Waals surface area contributed by atoms with E-state index in [1.165, 1.54) is 0 Å². The fraction of sp³-hybridized carbons (Fsp3) is 0.500. The molecule has 1 aromatic heterocycles. The topological polar surface area (TPSA) is 62.7 Å². The number of carbonyl (C=O) groups excluding carboxylic acids is 2. The van der Waals surface area contributed by atoms with Crippen LogP contribution in [0.25, 0.3) is 0 Å². The maximum absolute atomic E-state index is 12.4. The Bertz CT molecular complexity index is 558. The SMILES string of the molecule is O=C(c1cccc(Br)n1)N1CCC(N2CCOC2=O)CC1. The van der Waals surface area contributed by atoms with E-state index < -0.39 is 0 Å². The van der Waals surface area contributed by atoms with Gasteiger partial charge in [-0.1, -0.05) is 6.07 Å². The van der Waals surface area contributed by atoms with Gasteiger partial charge in [0.05, 0.1) is 6.54 Å². The van der Waals surface area contributed by atoms with Gasteiger partial charge < -0.3 is 14.5 Å². The van der Waals surface area contributed by atoms with Crippen LogP contribution in [0.2, 0.25) is 0 Å². The molecule has 2 amide bonds. The van der Waals surface area contributed by atoms with E-state index >= 15 is 0 Å². The lowest BCUT2D eigenvalue weighted by Gasteiger charge is -2.35. The molecule has 2 aliphatic heterocycles. The predicted molar refractivity (Wildman–Crippen MR) is 78.9 cm³/mol. The van der Waals surface area contributed by atoms with Crippen molar-refractivity contribution in [1.29, 1.82) is 0 Å². The van der Waals surface area contributed by atoms with Gasteiger partial charge in [0.15, 0.2) is 0 Å². The number of hydrogen-bond donors (Lipinski definition) is 0. The first-order chi connectivity index (χ1) is 10.1. The number of nitrogens with zero attached hydrogens (tertiary/aromatic N) is 3. The molecular weight excluding hydrogens is 338 g/mol. The molecule has 0 bridgehead atoms. The van der Waals surface area contributed by atoms with E-state index in [-0.39, 0.29) is 18.0 Å². The molecule has 21 heavy (non-hydrogen) atoms. The summed E-state index contributed by atoms with van der Waals surface area (Å²) in [4.78, 5) is 31.7. The third-order valence-corrected chi connectivity index (χ3v) is 4.36. The van der Waals surface area contributed by atoms with Crippen molar-refractivity contribution in [3.05, 3.63) is 28.5 Å². The van der Waals surface area contributed by atoms with Crippen LogP contribution in [-0.2, 0) is 4.74 Å². The number of rotatable bonds is 2. The summed E-state index contributed by atoms with van der Waals surface area (Å²) in [5.74, 6) is -0.0567. The number of halogens is 1. The maximum atomic E-state index is 12.4. The Balaban J connectivity index is 1.60. The molecule has 0 aliphatic carbocycles. The molecule has 7 heteroatoms. The Kier molecular flexibility index (Phi) is 4.10. The molecule has 2 fully saturated rings. The molecular formula is C14H16BrN3O3. The molecule has 2 saturated heterocycles. The van der Waals surface area contributed by atoms with E-state index in [1.807, 2.05) is 0 Å². The molecule has 112 valence electrons. The lowest BCUT2D eigenvalue weighted by atomic mass is 10.0. The third-order valence-electron chi connectivity index (χ3n) is 3.92. The van der Waals surface area contributed by atoms with Crippen LogP contribution in [0.3, 0.4) is 0 Å². The summed E-state index contributed by atoms with van der Waals surface area (Å²) in [6.07, 6.45) is 1.34. The number of pyridine rings is 1. The van der Waals surface area contributed by atoms with Crippen molar-refractivity contribution >= 4 is 27.9 Å². The minimum absolute atomic E-state index is 0.0567. The molecule has 2 aliphatic rings. The number of piperidine rings is 1. The normalized spacial score (nSPS) is 19.8. The molecule has 0 saturated carbocycles. The van der Waals surface area contributed by atoms with Crippen LogP contribution in [0, 0.1) is 0 Å². The molecule has 1 aromatic rings.